The average molecular weight is 222 g/mol. The Kier molecular flexibility index (Phi) is 10.4. The van der Waals surface area contributed by atoms with Crippen molar-refractivity contribution in [2.45, 2.75) is 13.3 Å². The summed E-state index contributed by atoms with van der Waals surface area (Å²) in [5, 5.41) is 15.6. The Labute approximate surface area is 86.7 Å². The molecule has 13 heavy (non-hydrogen) atoms. The van der Waals surface area contributed by atoms with Gasteiger partial charge in [0, 0.05) is 16.3 Å². The largest absolute Gasteiger partial charge is 0.478 e. The topological polar surface area (TPSA) is 74.6 Å². The van der Waals surface area contributed by atoms with Crippen molar-refractivity contribution in [2.24, 2.45) is 0 Å². The van der Waals surface area contributed by atoms with Gasteiger partial charge in [0.2, 0.25) is 0 Å². The first kappa shape index (κ1) is 14.6. The summed E-state index contributed by atoms with van der Waals surface area (Å²) in [6.45, 7) is 1.98. The predicted molar refractivity (Wildman–Crippen MR) is 56.3 cm³/mol. The van der Waals surface area contributed by atoms with E-state index in [0.717, 1.165) is 10.6 Å². The van der Waals surface area contributed by atoms with Crippen LogP contribution >= 0.6 is 24.8 Å². The molecule has 74 valence electrons. The van der Waals surface area contributed by atoms with E-state index < -0.39 is 11.9 Å². The second-order valence-electron chi connectivity index (χ2n) is 1.76. The molecule has 0 saturated carbocycles. The van der Waals surface area contributed by atoms with Gasteiger partial charge in [-0.1, -0.05) is 19.1 Å². The molecule has 0 aromatic rings. The van der Waals surface area contributed by atoms with Crippen molar-refractivity contribution in [3.63, 3.8) is 0 Å². The van der Waals surface area contributed by atoms with Gasteiger partial charge in [0.05, 0.1) is 0 Å². The van der Waals surface area contributed by atoms with E-state index in [2.05, 4.69) is 24.8 Å². The Morgan fingerprint density at radius 1 is 1.31 bits per heavy atom. The van der Waals surface area contributed by atoms with Gasteiger partial charge in [-0.2, -0.15) is 0 Å². The van der Waals surface area contributed by atoms with Gasteiger partial charge in [0.25, 0.3) is 0 Å². The molecule has 2 N–H and O–H groups in total. The molecule has 0 rings (SSSR count). The Morgan fingerprint density at radius 3 is 1.62 bits per heavy atom. The van der Waals surface area contributed by atoms with E-state index in [1.807, 2.05) is 6.92 Å². The van der Waals surface area contributed by atoms with Gasteiger partial charge in [-0.25, -0.2) is 9.59 Å². The minimum atomic E-state index is -1.26. The third kappa shape index (κ3) is 24.7. The van der Waals surface area contributed by atoms with Crippen molar-refractivity contribution in [3.8, 4) is 0 Å². The van der Waals surface area contributed by atoms with Crippen LogP contribution in [0.15, 0.2) is 12.2 Å². The summed E-state index contributed by atoms with van der Waals surface area (Å²) in [6.07, 6.45) is 2.02. The maximum absolute atomic E-state index is 9.55. The molecule has 6 heteroatoms. The molecule has 0 aliphatic heterocycles. The number of aliphatic carboxylic acids is 2. The van der Waals surface area contributed by atoms with E-state index in [-0.39, 0.29) is 0 Å². The van der Waals surface area contributed by atoms with Crippen LogP contribution < -0.4 is 0 Å². The van der Waals surface area contributed by atoms with E-state index in [1.165, 1.54) is 0 Å². The molecule has 0 atom stereocenters. The predicted octanol–water partition coefficient (Wildman–Crippen LogP) is 1.37. The monoisotopic (exact) mass is 222 g/mol. The molecule has 0 spiro atoms. The molecular weight excluding hydrogens is 212 g/mol. The molecule has 0 unspecified atom stereocenters. The zero-order valence-corrected chi connectivity index (χ0v) is 8.64. The highest BCUT2D eigenvalue weighted by atomic mass is 32.1. The number of carboxylic acid groups (broad SMARTS) is 2. The lowest BCUT2D eigenvalue weighted by atomic mass is 10.5. The van der Waals surface area contributed by atoms with Crippen molar-refractivity contribution < 1.29 is 19.8 Å². The van der Waals surface area contributed by atoms with Crippen molar-refractivity contribution in [3.05, 3.63) is 12.2 Å². The van der Waals surface area contributed by atoms with Gasteiger partial charge >= 0.3 is 11.9 Å². The molecule has 0 fully saturated rings. The first-order chi connectivity index (χ1) is 5.90. The van der Waals surface area contributed by atoms with E-state index in [9.17, 15) is 9.59 Å². The van der Waals surface area contributed by atoms with Crippen LogP contribution in [0.25, 0.3) is 0 Å². The highest BCUT2D eigenvalue weighted by Gasteiger charge is 1.88. The zero-order chi connectivity index (χ0) is 10.9. The number of rotatable bonds is 3. The summed E-state index contributed by atoms with van der Waals surface area (Å²) < 4.78 is 0.782. The number of carbonyl (C=O) groups is 2. The Bertz CT molecular complexity index is 207. The van der Waals surface area contributed by atoms with Gasteiger partial charge in [-0.3, -0.25) is 0 Å². The first-order valence-corrected chi connectivity index (χ1v) is 4.11. The molecule has 4 nitrogen and oxygen atoms in total. The summed E-state index contributed by atoms with van der Waals surface area (Å²) in [6, 6.07) is 0. The maximum atomic E-state index is 9.55. The van der Waals surface area contributed by atoms with Crippen LogP contribution in [-0.4, -0.2) is 26.3 Å². The van der Waals surface area contributed by atoms with Crippen LogP contribution in [0.3, 0.4) is 0 Å². The van der Waals surface area contributed by atoms with Crippen molar-refractivity contribution in [1.29, 1.82) is 0 Å². The van der Waals surface area contributed by atoms with Gasteiger partial charge in [-0.05, 0) is 6.42 Å². The Morgan fingerprint density at radius 2 is 1.54 bits per heavy atom. The second kappa shape index (κ2) is 9.21. The van der Waals surface area contributed by atoms with Crippen LogP contribution in [0.1, 0.15) is 13.3 Å². The molecule has 0 radical (unpaired) electrons. The van der Waals surface area contributed by atoms with Gasteiger partial charge in [0.15, 0.2) is 0 Å². The average Bonchev–Trinajstić information content (AvgIpc) is 2.02. The standard InChI is InChI=1S/C4H4O4.C3H6S2/c5-3(6)1-2-4(7)8;1-2-3(4)5/h1-2H,(H,5,6)(H,7,8);2H2,1H3,(H,4,5)/b2-1-;. The normalized spacial score (nSPS) is 8.77. The minimum Gasteiger partial charge on any atom is -0.478 e. The van der Waals surface area contributed by atoms with E-state index >= 15 is 0 Å². The third-order valence-electron chi connectivity index (χ3n) is 0.671. The van der Waals surface area contributed by atoms with Gasteiger partial charge < -0.3 is 10.2 Å². The molecule has 0 heterocycles. The highest BCUT2D eigenvalue weighted by molar-refractivity contribution is 8.11. The van der Waals surface area contributed by atoms with Crippen LogP contribution in [0.4, 0.5) is 0 Å². The van der Waals surface area contributed by atoms with Crippen LogP contribution in [0, 0.1) is 0 Å². The molecule has 0 aliphatic rings. The molecule has 0 saturated heterocycles. The second-order valence-corrected chi connectivity index (χ2v) is 3.09. The smallest absolute Gasteiger partial charge is 0.328 e. The zero-order valence-electron chi connectivity index (χ0n) is 6.93. The summed E-state index contributed by atoms with van der Waals surface area (Å²) in [7, 11) is 0. The lowest BCUT2D eigenvalue weighted by Gasteiger charge is -1.75. The molecule has 0 aromatic carbocycles. The van der Waals surface area contributed by atoms with Crippen molar-refractivity contribution in [1.82, 2.24) is 0 Å². The number of carboxylic acids is 2. The molecule has 0 aliphatic carbocycles. The quantitative estimate of drug-likeness (QED) is 0.382. The lowest BCUT2D eigenvalue weighted by molar-refractivity contribution is -0.134. The summed E-state index contributed by atoms with van der Waals surface area (Å²) >= 11 is 8.39. The van der Waals surface area contributed by atoms with Crippen LogP contribution in [-0.2, 0) is 9.59 Å². The minimum absolute atomic E-state index is 0.558. The molecule has 0 amide bonds. The van der Waals surface area contributed by atoms with Crippen molar-refractivity contribution >= 4 is 41.0 Å². The summed E-state index contributed by atoms with van der Waals surface area (Å²) in [5.41, 5.74) is 0. The number of thiocarbonyl (C=S) groups is 1. The number of thiol groups is 1. The summed E-state index contributed by atoms with van der Waals surface area (Å²) in [5.74, 6) is -2.51. The van der Waals surface area contributed by atoms with E-state index in [4.69, 9.17) is 10.2 Å². The molecule has 0 bridgehead atoms. The van der Waals surface area contributed by atoms with E-state index in [1.54, 1.807) is 0 Å². The molecule has 0 aromatic heterocycles. The fourth-order valence-electron chi connectivity index (χ4n) is 0.143. The van der Waals surface area contributed by atoms with Gasteiger partial charge in [-0.15, -0.1) is 12.6 Å². The Balaban J connectivity index is 0. The first-order valence-electron chi connectivity index (χ1n) is 3.25. The van der Waals surface area contributed by atoms with E-state index in [0.29, 0.717) is 12.2 Å². The third-order valence-corrected chi connectivity index (χ3v) is 1.28. The highest BCUT2D eigenvalue weighted by Crippen LogP contribution is 1.86. The van der Waals surface area contributed by atoms with Crippen LogP contribution in [0.2, 0.25) is 0 Å². The maximum Gasteiger partial charge on any atom is 0.328 e. The van der Waals surface area contributed by atoms with Crippen molar-refractivity contribution in [2.75, 3.05) is 0 Å². The number of hydrogen-bond donors (Lipinski definition) is 3. The van der Waals surface area contributed by atoms with Crippen LogP contribution in [0.5, 0.6) is 0 Å². The number of hydrogen-bond acceptors (Lipinski definition) is 3. The fourth-order valence-corrected chi connectivity index (χ4v) is 0.143. The SMILES string of the molecule is CCC(=S)S.O=C(O)/C=C\C(=O)O. The van der Waals surface area contributed by atoms with Gasteiger partial charge in [0.1, 0.15) is 0 Å². The summed E-state index contributed by atoms with van der Waals surface area (Å²) in [4.78, 5) is 19.1. The fraction of sp³-hybridized carbons (Fsp3) is 0.286. The lowest BCUT2D eigenvalue weighted by Crippen LogP contribution is -1.91. The molecular formula is C7H10O4S2. The Hall–Kier alpha value is -0.880.